The zero-order valence-electron chi connectivity index (χ0n) is 7.77. The van der Waals surface area contributed by atoms with E-state index in [1.54, 1.807) is 12.1 Å². The van der Waals surface area contributed by atoms with E-state index < -0.39 is 10.8 Å². The Morgan fingerprint density at radius 2 is 1.86 bits per heavy atom. The van der Waals surface area contributed by atoms with E-state index in [4.69, 9.17) is 4.42 Å². The standard InChI is InChI=1S/C11H10O2S/c1-9-4-6-10(7-5-9)14(12)11-3-2-8-13-11/h2-8H,1H3/t14-/m1/s1. The van der Waals surface area contributed by atoms with E-state index in [-0.39, 0.29) is 0 Å². The Bertz CT molecular complexity index is 429. The monoisotopic (exact) mass is 206 g/mol. The lowest BCUT2D eigenvalue weighted by Gasteiger charge is -1.98. The van der Waals surface area contributed by atoms with Crippen molar-refractivity contribution in [1.29, 1.82) is 0 Å². The first-order valence-corrected chi connectivity index (χ1v) is 5.44. The lowest BCUT2D eigenvalue weighted by atomic mass is 10.2. The Kier molecular flexibility index (Phi) is 2.50. The van der Waals surface area contributed by atoms with Crippen LogP contribution in [0.15, 0.2) is 57.1 Å². The third-order valence-corrected chi connectivity index (χ3v) is 3.21. The van der Waals surface area contributed by atoms with Crippen LogP contribution in [0.5, 0.6) is 0 Å². The molecule has 3 heteroatoms. The third kappa shape index (κ3) is 1.77. The van der Waals surface area contributed by atoms with Crippen molar-refractivity contribution in [2.24, 2.45) is 0 Å². The maximum Gasteiger partial charge on any atom is 0.194 e. The average Bonchev–Trinajstić information content (AvgIpc) is 2.71. The van der Waals surface area contributed by atoms with E-state index in [1.807, 2.05) is 31.2 Å². The highest BCUT2D eigenvalue weighted by atomic mass is 32.2. The summed E-state index contributed by atoms with van der Waals surface area (Å²) in [4.78, 5) is 0.769. The summed E-state index contributed by atoms with van der Waals surface area (Å²) in [7, 11) is -1.19. The molecule has 1 atom stereocenters. The van der Waals surface area contributed by atoms with Crippen molar-refractivity contribution in [3.05, 3.63) is 48.2 Å². The molecule has 0 spiro atoms. The van der Waals surface area contributed by atoms with Gasteiger partial charge in [-0.1, -0.05) is 17.7 Å². The first-order chi connectivity index (χ1) is 6.77. The molecule has 0 radical (unpaired) electrons. The van der Waals surface area contributed by atoms with Gasteiger partial charge in [0, 0.05) is 4.90 Å². The number of furan rings is 1. The highest BCUT2D eigenvalue weighted by molar-refractivity contribution is 7.85. The molecule has 0 bridgehead atoms. The number of rotatable bonds is 2. The van der Waals surface area contributed by atoms with Gasteiger partial charge in [-0.3, -0.25) is 0 Å². The molecular formula is C11H10O2S. The normalized spacial score (nSPS) is 12.6. The molecule has 0 aliphatic carbocycles. The molecule has 0 aliphatic heterocycles. The van der Waals surface area contributed by atoms with Crippen LogP contribution < -0.4 is 0 Å². The number of aryl methyl sites for hydroxylation is 1. The summed E-state index contributed by atoms with van der Waals surface area (Å²) in [5.74, 6) is 0. The van der Waals surface area contributed by atoms with Crippen LogP contribution in [-0.4, -0.2) is 4.21 Å². The highest BCUT2D eigenvalue weighted by Crippen LogP contribution is 2.16. The van der Waals surface area contributed by atoms with Crippen LogP contribution in [0.4, 0.5) is 0 Å². The summed E-state index contributed by atoms with van der Waals surface area (Å²) < 4.78 is 16.9. The van der Waals surface area contributed by atoms with Gasteiger partial charge in [-0.05, 0) is 31.2 Å². The average molecular weight is 206 g/mol. The van der Waals surface area contributed by atoms with E-state index in [0.29, 0.717) is 5.09 Å². The third-order valence-electron chi connectivity index (χ3n) is 1.91. The molecule has 1 aromatic carbocycles. The van der Waals surface area contributed by atoms with Gasteiger partial charge < -0.3 is 4.42 Å². The van der Waals surface area contributed by atoms with E-state index in [0.717, 1.165) is 10.5 Å². The van der Waals surface area contributed by atoms with Crippen molar-refractivity contribution >= 4 is 10.8 Å². The summed E-state index contributed by atoms with van der Waals surface area (Å²) in [5, 5.41) is 0.494. The van der Waals surface area contributed by atoms with Gasteiger partial charge in [-0.2, -0.15) is 0 Å². The molecule has 0 fully saturated rings. The van der Waals surface area contributed by atoms with Crippen LogP contribution in [0.25, 0.3) is 0 Å². The predicted octanol–water partition coefficient (Wildman–Crippen LogP) is 2.75. The quantitative estimate of drug-likeness (QED) is 0.756. The molecular weight excluding hydrogens is 196 g/mol. The number of hydrogen-bond acceptors (Lipinski definition) is 2. The van der Waals surface area contributed by atoms with E-state index >= 15 is 0 Å². The summed E-state index contributed by atoms with van der Waals surface area (Å²) in [5.41, 5.74) is 1.16. The molecule has 1 heterocycles. The van der Waals surface area contributed by atoms with Gasteiger partial charge in [0.15, 0.2) is 5.09 Å². The molecule has 0 aliphatic rings. The molecule has 2 nitrogen and oxygen atoms in total. The molecule has 1 aromatic heterocycles. The Hall–Kier alpha value is -1.35. The Morgan fingerprint density at radius 1 is 1.14 bits per heavy atom. The molecule has 0 N–H and O–H groups in total. The minimum atomic E-state index is -1.19. The second-order valence-electron chi connectivity index (χ2n) is 3.01. The van der Waals surface area contributed by atoms with Crippen LogP contribution in [0, 0.1) is 6.92 Å². The molecule has 0 saturated heterocycles. The van der Waals surface area contributed by atoms with Gasteiger partial charge in [0.05, 0.1) is 6.26 Å². The molecule has 0 unspecified atom stereocenters. The first-order valence-electron chi connectivity index (χ1n) is 4.29. The topological polar surface area (TPSA) is 30.2 Å². The molecule has 0 amide bonds. The Balaban J connectivity index is 2.33. The fourth-order valence-electron chi connectivity index (χ4n) is 1.15. The molecule has 2 aromatic rings. The van der Waals surface area contributed by atoms with Gasteiger partial charge >= 0.3 is 0 Å². The predicted molar refractivity (Wildman–Crippen MR) is 54.6 cm³/mol. The van der Waals surface area contributed by atoms with Gasteiger partial charge in [-0.15, -0.1) is 0 Å². The van der Waals surface area contributed by atoms with Crippen molar-refractivity contribution in [1.82, 2.24) is 0 Å². The van der Waals surface area contributed by atoms with Crippen LogP contribution in [0.2, 0.25) is 0 Å². The molecule has 72 valence electrons. The maximum absolute atomic E-state index is 11.8. The maximum atomic E-state index is 11.8. The van der Waals surface area contributed by atoms with Gasteiger partial charge in [-0.25, -0.2) is 4.21 Å². The summed E-state index contributed by atoms with van der Waals surface area (Å²) >= 11 is 0. The zero-order chi connectivity index (χ0) is 9.97. The van der Waals surface area contributed by atoms with Gasteiger partial charge in [0.2, 0.25) is 0 Å². The second kappa shape index (κ2) is 3.80. The highest BCUT2D eigenvalue weighted by Gasteiger charge is 2.08. The molecule has 14 heavy (non-hydrogen) atoms. The molecule has 0 saturated carbocycles. The van der Waals surface area contributed by atoms with Gasteiger partial charge in [0.25, 0.3) is 0 Å². The van der Waals surface area contributed by atoms with E-state index in [1.165, 1.54) is 6.26 Å². The van der Waals surface area contributed by atoms with Crippen LogP contribution in [-0.2, 0) is 10.8 Å². The number of benzene rings is 1. The van der Waals surface area contributed by atoms with Crippen LogP contribution in [0.3, 0.4) is 0 Å². The zero-order valence-corrected chi connectivity index (χ0v) is 8.58. The Morgan fingerprint density at radius 3 is 2.43 bits per heavy atom. The smallest absolute Gasteiger partial charge is 0.194 e. The summed E-state index contributed by atoms with van der Waals surface area (Å²) in [6.07, 6.45) is 1.53. The molecule has 2 rings (SSSR count). The fraction of sp³-hybridized carbons (Fsp3) is 0.0909. The van der Waals surface area contributed by atoms with Gasteiger partial charge in [0.1, 0.15) is 10.8 Å². The van der Waals surface area contributed by atoms with Crippen molar-refractivity contribution in [3.63, 3.8) is 0 Å². The minimum Gasteiger partial charge on any atom is -0.455 e. The Labute approximate surface area is 85.0 Å². The summed E-state index contributed by atoms with van der Waals surface area (Å²) in [6, 6.07) is 11.0. The second-order valence-corrected chi connectivity index (χ2v) is 4.43. The van der Waals surface area contributed by atoms with Crippen molar-refractivity contribution in [2.75, 3.05) is 0 Å². The largest absolute Gasteiger partial charge is 0.455 e. The minimum absolute atomic E-state index is 0.494. The number of hydrogen-bond donors (Lipinski definition) is 0. The van der Waals surface area contributed by atoms with E-state index in [9.17, 15) is 4.21 Å². The van der Waals surface area contributed by atoms with Crippen molar-refractivity contribution in [2.45, 2.75) is 16.9 Å². The fourth-order valence-corrected chi connectivity index (χ4v) is 2.11. The lowest BCUT2D eigenvalue weighted by molar-refractivity contribution is 0.465. The van der Waals surface area contributed by atoms with Crippen LogP contribution in [0.1, 0.15) is 5.56 Å². The lowest BCUT2D eigenvalue weighted by Crippen LogP contribution is -1.90. The summed E-state index contributed by atoms with van der Waals surface area (Å²) in [6.45, 7) is 2.00. The first kappa shape index (κ1) is 9.21. The van der Waals surface area contributed by atoms with Crippen molar-refractivity contribution < 1.29 is 8.63 Å². The van der Waals surface area contributed by atoms with E-state index in [2.05, 4.69) is 0 Å². The van der Waals surface area contributed by atoms with Crippen LogP contribution >= 0.6 is 0 Å². The SMILES string of the molecule is Cc1ccc([S@@](=O)c2ccco2)cc1. The van der Waals surface area contributed by atoms with Crippen molar-refractivity contribution in [3.8, 4) is 0 Å².